The molecular formula is C14H20ClN3O3. The Labute approximate surface area is 129 Å². The third-order valence-corrected chi connectivity index (χ3v) is 3.96. The van der Waals surface area contributed by atoms with Gasteiger partial charge >= 0.3 is 5.69 Å². The number of benzene rings is 1. The van der Waals surface area contributed by atoms with Crippen molar-refractivity contribution in [2.75, 3.05) is 38.3 Å². The average Bonchev–Trinajstić information content (AvgIpc) is 2.95. The Bertz CT molecular complexity index is 492. The second kappa shape index (κ2) is 7.59. The van der Waals surface area contributed by atoms with E-state index in [2.05, 4.69) is 5.32 Å². The maximum absolute atomic E-state index is 11.3. The summed E-state index contributed by atoms with van der Waals surface area (Å²) in [6, 6.07) is 5.38. The number of rotatable bonds is 7. The minimum atomic E-state index is -0.417. The molecule has 1 aromatic rings. The summed E-state index contributed by atoms with van der Waals surface area (Å²) >= 11 is 6.00. The van der Waals surface area contributed by atoms with Gasteiger partial charge in [0.25, 0.3) is 0 Å². The van der Waals surface area contributed by atoms with Gasteiger partial charge in [0.1, 0.15) is 10.7 Å². The molecule has 1 atom stereocenters. The minimum Gasteiger partial charge on any atom is -0.383 e. The van der Waals surface area contributed by atoms with Crippen molar-refractivity contribution in [3.05, 3.63) is 33.3 Å². The molecule has 6 nitrogen and oxygen atoms in total. The van der Waals surface area contributed by atoms with Crippen molar-refractivity contribution in [1.82, 2.24) is 5.32 Å². The highest BCUT2D eigenvalue weighted by atomic mass is 35.5. The van der Waals surface area contributed by atoms with Gasteiger partial charge in [0.05, 0.1) is 11.5 Å². The summed E-state index contributed by atoms with van der Waals surface area (Å²) in [5.74, 6) is 0. The van der Waals surface area contributed by atoms with Crippen LogP contribution in [0.2, 0.25) is 5.02 Å². The van der Waals surface area contributed by atoms with Crippen LogP contribution in [0.3, 0.4) is 0 Å². The van der Waals surface area contributed by atoms with Crippen LogP contribution in [0, 0.1) is 10.1 Å². The number of ether oxygens (including phenoxy) is 1. The van der Waals surface area contributed by atoms with Crippen LogP contribution < -0.4 is 10.2 Å². The lowest BCUT2D eigenvalue weighted by Crippen LogP contribution is -2.39. The summed E-state index contributed by atoms with van der Waals surface area (Å²) in [4.78, 5) is 12.9. The van der Waals surface area contributed by atoms with E-state index in [0.717, 1.165) is 19.4 Å². The molecule has 1 aromatic carbocycles. The predicted octanol–water partition coefficient (Wildman–Crippen LogP) is 2.45. The molecule has 1 aliphatic rings. The van der Waals surface area contributed by atoms with E-state index in [0.29, 0.717) is 31.4 Å². The van der Waals surface area contributed by atoms with E-state index in [1.807, 2.05) is 4.90 Å². The zero-order valence-corrected chi connectivity index (χ0v) is 12.8. The fraction of sp³-hybridized carbons (Fsp3) is 0.571. The number of anilines is 1. The first-order valence-electron chi connectivity index (χ1n) is 7.03. The molecule has 0 radical (unpaired) electrons. The summed E-state index contributed by atoms with van der Waals surface area (Å²) in [6.45, 7) is 2.82. The monoisotopic (exact) mass is 313 g/mol. The number of hydrogen-bond acceptors (Lipinski definition) is 5. The van der Waals surface area contributed by atoms with Crippen molar-refractivity contribution in [3.8, 4) is 0 Å². The Balaban J connectivity index is 2.26. The Kier molecular flexibility index (Phi) is 5.78. The van der Waals surface area contributed by atoms with Crippen LogP contribution in [0.1, 0.15) is 12.8 Å². The van der Waals surface area contributed by atoms with Gasteiger partial charge in [-0.25, -0.2) is 0 Å². The number of nitro groups is 1. The van der Waals surface area contributed by atoms with Crippen molar-refractivity contribution in [2.45, 2.75) is 18.9 Å². The smallest absolute Gasteiger partial charge is 0.310 e. The molecule has 1 fully saturated rings. The molecule has 0 spiro atoms. The fourth-order valence-electron chi connectivity index (χ4n) is 2.63. The first kappa shape index (κ1) is 16.0. The van der Waals surface area contributed by atoms with E-state index >= 15 is 0 Å². The van der Waals surface area contributed by atoms with Crippen molar-refractivity contribution in [2.24, 2.45) is 0 Å². The first-order valence-corrected chi connectivity index (χ1v) is 7.41. The molecule has 0 saturated carbocycles. The van der Waals surface area contributed by atoms with Crippen molar-refractivity contribution >= 4 is 23.0 Å². The van der Waals surface area contributed by atoms with Crippen LogP contribution in [-0.2, 0) is 4.74 Å². The Morgan fingerprint density at radius 3 is 3.00 bits per heavy atom. The lowest BCUT2D eigenvalue weighted by Gasteiger charge is -2.27. The summed E-state index contributed by atoms with van der Waals surface area (Å²) in [5.41, 5.74) is 0.520. The second-order valence-corrected chi connectivity index (χ2v) is 5.50. The van der Waals surface area contributed by atoms with Crippen LogP contribution in [0.15, 0.2) is 18.2 Å². The molecule has 7 heteroatoms. The zero-order valence-electron chi connectivity index (χ0n) is 12.0. The van der Waals surface area contributed by atoms with E-state index in [4.69, 9.17) is 16.3 Å². The molecule has 21 heavy (non-hydrogen) atoms. The molecule has 1 N–H and O–H groups in total. The van der Waals surface area contributed by atoms with E-state index in [1.54, 1.807) is 25.3 Å². The van der Waals surface area contributed by atoms with E-state index in [-0.39, 0.29) is 10.7 Å². The molecule has 0 aliphatic carbocycles. The van der Waals surface area contributed by atoms with Crippen LogP contribution in [0.4, 0.5) is 11.4 Å². The third kappa shape index (κ3) is 4.06. The number of halogens is 1. The minimum absolute atomic E-state index is 0.0340. The molecular weight excluding hydrogens is 294 g/mol. The highest BCUT2D eigenvalue weighted by molar-refractivity contribution is 6.33. The van der Waals surface area contributed by atoms with Crippen LogP contribution in [0.25, 0.3) is 0 Å². The highest BCUT2D eigenvalue weighted by Crippen LogP contribution is 2.35. The normalized spacial score (nSPS) is 17.9. The molecule has 1 unspecified atom stereocenters. The van der Waals surface area contributed by atoms with Crippen molar-refractivity contribution < 1.29 is 9.66 Å². The van der Waals surface area contributed by atoms with E-state index in [9.17, 15) is 10.1 Å². The van der Waals surface area contributed by atoms with Gasteiger partial charge in [0.2, 0.25) is 0 Å². The maximum Gasteiger partial charge on any atom is 0.310 e. The van der Waals surface area contributed by atoms with Crippen molar-refractivity contribution in [1.29, 1.82) is 0 Å². The van der Waals surface area contributed by atoms with E-state index < -0.39 is 4.92 Å². The van der Waals surface area contributed by atoms with Gasteiger partial charge < -0.3 is 15.0 Å². The van der Waals surface area contributed by atoms with Gasteiger partial charge in [-0.3, -0.25) is 10.1 Å². The summed E-state index contributed by atoms with van der Waals surface area (Å²) in [7, 11) is 1.62. The molecule has 0 aromatic heterocycles. The van der Waals surface area contributed by atoms with Crippen LogP contribution in [-0.4, -0.2) is 44.3 Å². The average molecular weight is 314 g/mol. The molecule has 0 bridgehead atoms. The fourth-order valence-corrected chi connectivity index (χ4v) is 2.87. The number of methoxy groups -OCH3 is 1. The Morgan fingerprint density at radius 1 is 1.57 bits per heavy atom. The largest absolute Gasteiger partial charge is 0.383 e. The first-order chi connectivity index (χ1) is 10.1. The Morgan fingerprint density at radius 2 is 2.38 bits per heavy atom. The molecule has 116 valence electrons. The van der Waals surface area contributed by atoms with Crippen LogP contribution in [0.5, 0.6) is 0 Å². The number of para-hydroxylation sites is 1. The van der Waals surface area contributed by atoms with Gasteiger partial charge in [-0.05, 0) is 31.5 Å². The van der Waals surface area contributed by atoms with Gasteiger partial charge in [-0.2, -0.15) is 0 Å². The number of nitrogens with one attached hydrogen (secondary N) is 1. The summed E-state index contributed by atoms with van der Waals surface area (Å²) in [6.07, 6.45) is 2.22. The highest BCUT2D eigenvalue weighted by Gasteiger charge is 2.25. The SMILES string of the molecule is COCCN(CC1CCCN1)c1cccc(Cl)c1[N+](=O)[O-]. The zero-order chi connectivity index (χ0) is 15.2. The lowest BCUT2D eigenvalue weighted by molar-refractivity contribution is -0.384. The maximum atomic E-state index is 11.3. The van der Waals surface area contributed by atoms with Crippen molar-refractivity contribution in [3.63, 3.8) is 0 Å². The number of nitro benzene ring substituents is 1. The number of hydrogen-bond donors (Lipinski definition) is 1. The topological polar surface area (TPSA) is 67.6 Å². The second-order valence-electron chi connectivity index (χ2n) is 5.10. The number of nitrogens with zero attached hydrogens (tertiary/aromatic N) is 2. The quantitative estimate of drug-likeness (QED) is 0.618. The predicted molar refractivity (Wildman–Crippen MR) is 83.2 cm³/mol. The molecule has 0 amide bonds. The van der Waals surface area contributed by atoms with Gasteiger partial charge in [-0.1, -0.05) is 17.7 Å². The molecule has 1 aliphatic heterocycles. The molecule has 1 heterocycles. The third-order valence-electron chi connectivity index (χ3n) is 3.66. The molecule has 2 rings (SSSR count). The van der Waals surface area contributed by atoms with Gasteiger partial charge in [0.15, 0.2) is 0 Å². The van der Waals surface area contributed by atoms with E-state index in [1.165, 1.54) is 0 Å². The standard InChI is InChI=1S/C14H20ClN3O3/c1-21-9-8-17(10-11-4-3-7-16-11)13-6-2-5-12(15)14(13)18(19)20/h2,5-6,11,16H,3-4,7-10H2,1H3. The Hall–Kier alpha value is -1.37. The van der Waals surface area contributed by atoms with Crippen LogP contribution >= 0.6 is 11.6 Å². The lowest BCUT2D eigenvalue weighted by atomic mass is 10.2. The van der Waals surface area contributed by atoms with Gasteiger partial charge in [0, 0.05) is 26.2 Å². The van der Waals surface area contributed by atoms with Gasteiger partial charge in [-0.15, -0.1) is 0 Å². The summed E-state index contributed by atoms with van der Waals surface area (Å²) < 4.78 is 5.12. The summed E-state index contributed by atoms with van der Waals surface area (Å²) in [5, 5.41) is 14.9. The molecule has 1 saturated heterocycles.